The number of nitrogens with two attached hydrogens (primary N) is 1. The first kappa shape index (κ1) is 18.7. The van der Waals surface area contributed by atoms with Gasteiger partial charge < -0.3 is 11.1 Å². The largest absolute Gasteiger partial charge is 0.416 e. The molecule has 3 aromatic rings. The Morgan fingerprint density at radius 3 is 2.52 bits per heavy atom. The highest BCUT2D eigenvalue weighted by molar-refractivity contribution is 5.68. The predicted octanol–water partition coefficient (Wildman–Crippen LogP) is 3.71. The molecule has 0 atom stereocenters. The van der Waals surface area contributed by atoms with Crippen LogP contribution in [0.3, 0.4) is 0 Å². The Bertz CT molecular complexity index is 978. The summed E-state index contributed by atoms with van der Waals surface area (Å²) in [5.41, 5.74) is 8.80. The third-order valence-corrected chi connectivity index (χ3v) is 4.24. The lowest BCUT2D eigenvalue weighted by atomic mass is 10.1. The molecule has 0 bridgehead atoms. The standard InChI is InChI=1S/C18H19F3N6/c1-10-16(11(2)27(3)26-10)14-8-15(25-17(22)24-14)23-9-12-5-4-6-13(7-12)18(19,20)21/h4-8H,9H2,1-3H3,(H3,22,23,24,25). The van der Waals surface area contributed by atoms with Crippen LogP contribution in [0.1, 0.15) is 22.5 Å². The summed E-state index contributed by atoms with van der Waals surface area (Å²) in [7, 11) is 1.84. The Morgan fingerprint density at radius 1 is 1.15 bits per heavy atom. The summed E-state index contributed by atoms with van der Waals surface area (Å²) in [6, 6.07) is 6.85. The van der Waals surface area contributed by atoms with Crippen LogP contribution in [0, 0.1) is 13.8 Å². The molecule has 3 N–H and O–H groups in total. The first-order chi connectivity index (χ1) is 12.6. The van der Waals surface area contributed by atoms with Crippen LogP contribution in [0.4, 0.5) is 24.9 Å². The van der Waals surface area contributed by atoms with E-state index in [0.717, 1.165) is 29.1 Å². The van der Waals surface area contributed by atoms with Crippen LogP contribution in [0.2, 0.25) is 0 Å². The summed E-state index contributed by atoms with van der Waals surface area (Å²) in [4.78, 5) is 8.38. The van der Waals surface area contributed by atoms with E-state index in [-0.39, 0.29) is 12.5 Å². The zero-order valence-corrected chi connectivity index (χ0v) is 15.1. The summed E-state index contributed by atoms with van der Waals surface area (Å²) in [6.45, 7) is 3.96. The zero-order chi connectivity index (χ0) is 19.8. The average Bonchev–Trinajstić information content (AvgIpc) is 2.84. The zero-order valence-electron chi connectivity index (χ0n) is 15.1. The lowest BCUT2D eigenvalue weighted by Gasteiger charge is -2.11. The van der Waals surface area contributed by atoms with Crippen LogP contribution >= 0.6 is 0 Å². The van der Waals surface area contributed by atoms with Gasteiger partial charge in [0.05, 0.1) is 17.0 Å². The number of rotatable bonds is 4. The molecular formula is C18H19F3N6. The molecule has 0 saturated heterocycles. The molecule has 0 fully saturated rings. The van der Waals surface area contributed by atoms with E-state index in [0.29, 0.717) is 17.1 Å². The number of aromatic nitrogens is 4. The highest BCUT2D eigenvalue weighted by atomic mass is 19.4. The molecule has 0 unspecified atom stereocenters. The number of nitrogens with zero attached hydrogens (tertiary/aromatic N) is 4. The summed E-state index contributed by atoms with van der Waals surface area (Å²) in [5, 5.41) is 7.37. The number of hydrogen-bond acceptors (Lipinski definition) is 5. The van der Waals surface area contributed by atoms with Crippen LogP contribution in [0.15, 0.2) is 30.3 Å². The predicted molar refractivity (Wildman–Crippen MR) is 96.9 cm³/mol. The van der Waals surface area contributed by atoms with Gasteiger partial charge in [0.25, 0.3) is 0 Å². The van der Waals surface area contributed by atoms with Crippen LogP contribution in [-0.4, -0.2) is 19.7 Å². The van der Waals surface area contributed by atoms with Crippen molar-refractivity contribution in [3.63, 3.8) is 0 Å². The lowest BCUT2D eigenvalue weighted by Crippen LogP contribution is -2.08. The van der Waals surface area contributed by atoms with Crippen molar-refractivity contribution in [1.29, 1.82) is 0 Å². The van der Waals surface area contributed by atoms with Gasteiger partial charge in [0.1, 0.15) is 5.82 Å². The number of nitrogen functional groups attached to an aromatic ring is 1. The number of nitrogens with one attached hydrogen (secondary N) is 1. The Morgan fingerprint density at radius 2 is 1.89 bits per heavy atom. The first-order valence-corrected chi connectivity index (χ1v) is 8.20. The highest BCUT2D eigenvalue weighted by Gasteiger charge is 2.30. The maximum Gasteiger partial charge on any atom is 0.416 e. The maximum absolute atomic E-state index is 12.8. The third-order valence-electron chi connectivity index (χ3n) is 4.24. The summed E-state index contributed by atoms with van der Waals surface area (Å²) < 4.78 is 40.3. The fourth-order valence-corrected chi connectivity index (χ4v) is 2.88. The minimum absolute atomic E-state index is 0.0710. The topological polar surface area (TPSA) is 81.7 Å². The maximum atomic E-state index is 12.8. The van der Waals surface area contributed by atoms with Gasteiger partial charge in [-0.2, -0.15) is 23.3 Å². The smallest absolute Gasteiger partial charge is 0.368 e. The molecule has 0 aliphatic rings. The molecule has 142 valence electrons. The van der Waals surface area contributed by atoms with Gasteiger partial charge >= 0.3 is 6.18 Å². The highest BCUT2D eigenvalue weighted by Crippen LogP contribution is 2.30. The molecule has 0 aliphatic heterocycles. The van der Waals surface area contributed by atoms with Gasteiger partial charge in [-0.3, -0.25) is 4.68 Å². The fraction of sp³-hybridized carbons (Fsp3) is 0.278. The van der Waals surface area contributed by atoms with E-state index in [1.807, 2.05) is 20.9 Å². The summed E-state index contributed by atoms with van der Waals surface area (Å²) in [6.07, 6.45) is -4.38. The molecule has 0 amide bonds. The van der Waals surface area contributed by atoms with Crippen molar-refractivity contribution in [3.8, 4) is 11.3 Å². The van der Waals surface area contributed by atoms with Gasteiger partial charge in [-0.25, -0.2) is 4.98 Å². The SMILES string of the molecule is Cc1nn(C)c(C)c1-c1cc(NCc2cccc(C(F)(F)F)c2)nc(N)n1. The number of benzene rings is 1. The van der Waals surface area contributed by atoms with E-state index in [1.54, 1.807) is 16.8 Å². The molecule has 3 rings (SSSR count). The van der Waals surface area contributed by atoms with Crippen molar-refractivity contribution in [2.75, 3.05) is 11.1 Å². The third kappa shape index (κ3) is 4.02. The molecule has 2 heterocycles. The quantitative estimate of drug-likeness (QED) is 0.726. The normalized spacial score (nSPS) is 11.6. The molecule has 0 radical (unpaired) electrons. The second-order valence-electron chi connectivity index (χ2n) is 6.22. The van der Waals surface area contributed by atoms with Crippen molar-refractivity contribution in [1.82, 2.24) is 19.7 Å². The van der Waals surface area contributed by atoms with Crippen molar-refractivity contribution < 1.29 is 13.2 Å². The number of halogens is 3. The van der Waals surface area contributed by atoms with Gasteiger partial charge in [-0.15, -0.1) is 0 Å². The second-order valence-corrected chi connectivity index (χ2v) is 6.22. The van der Waals surface area contributed by atoms with Gasteiger partial charge in [0.2, 0.25) is 5.95 Å². The lowest BCUT2D eigenvalue weighted by molar-refractivity contribution is -0.137. The van der Waals surface area contributed by atoms with Crippen molar-refractivity contribution in [2.45, 2.75) is 26.6 Å². The van der Waals surface area contributed by atoms with Gasteiger partial charge in [-0.05, 0) is 31.5 Å². The van der Waals surface area contributed by atoms with Gasteiger partial charge in [0.15, 0.2) is 0 Å². The molecule has 0 spiro atoms. The van der Waals surface area contributed by atoms with Crippen molar-refractivity contribution in [3.05, 3.63) is 52.8 Å². The Labute approximate surface area is 154 Å². The minimum Gasteiger partial charge on any atom is -0.368 e. The Kier molecular flexibility index (Phi) is 4.77. The van der Waals surface area contributed by atoms with Crippen molar-refractivity contribution in [2.24, 2.45) is 7.05 Å². The molecule has 9 heteroatoms. The average molecular weight is 376 g/mol. The molecule has 1 aromatic carbocycles. The number of hydrogen-bond donors (Lipinski definition) is 2. The summed E-state index contributed by atoms with van der Waals surface area (Å²) in [5.74, 6) is 0.499. The molecule has 27 heavy (non-hydrogen) atoms. The van der Waals surface area contributed by atoms with Crippen LogP contribution in [0.25, 0.3) is 11.3 Å². The van der Waals surface area contributed by atoms with Gasteiger partial charge in [0, 0.05) is 30.9 Å². The van der Waals surface area contributed by atoms with Crippen LogP contribution in [-0.2, 0) is 19.8 Å². The Hall–Kier alpha value is -3.10. The van der Waals surface area contributed by atoms with E-state index >= 15 is 0 Å². The molecule has 0 aliphatic carbocycles. The van der Waals surface area contributed by atoms with E-state index in [1.165, 1.54) is 6.07 Å². The van der Waals surface area contributed by atoms with E-state index in [4.69, 9.17) is 5.73 Å². The van der Waals surface area contributed by atoms with E-state index in [2.05, 4.69) is 20.4 Å². The molecule has 2 aromatic heterocycles. The first-order valence-electron chi connectivity index (χ1n) is 8.20. The minimum atomic E-state index is -4.38. The van der Waals surface area contributed by atoms with E-state index in [9.17, 15) is 13.2 Å². The Balaban J connectivity index is 1.86. The van der Waals surface area contributed by atoms with Crippen LogP contribution in [0.5, 0.6) is 0 Å². The monoisotopic (exact) mass is 376 g/mol. The second kappa shape index (κ2) is 6.90. The van der Waals surface area contributed by atoms with Crippen molar-refractivity contribution >= 4 is 11.8 Å². The van der Waals surface area contributed by atoms with Gasteiger partial charge in [-0.1, -0.05) is 12.1 Å². The summed E-state index contributed by atoms with van der Waals surface area (Å²) >= 11 is 0. The van der Waals surface area contributed by atoms with E-state index < -0.39 is 11.7 Å². The number of alkyl halides is 3. The van der Waals surface area contributed by atoms with Crippen LogP contribution < -0.4 is 11.1 Å². The number of anilines is 2. The molecular weight excluding hydrogens is 357 g/mol. The molecule has 6 nitrogen and oxygen atoms in total. The molecule has 0 saturated carbocycles. The number of aryl methyl sites for hydroxylation is 2. The fourth-order valence-electron chi connectivity index (χ4n) is 2.88.